The average Bonchev–Trinajstić information content (AvgIpc) is 2.62. The third-order valence-electron chi connectivity index (χ3n) is 5.00. The van der Waals surface area contributed by atoms with Gasteiger partial charge in [0, 0.05) is 51.0 Å². The summed E-state index contributed by atoms with van der Waals surface area (Å²) in [4.78, 5) is 28.1. The number of nitrogens with zero attached hydrogens (tertiary/aromatic N) is 3. The number of hydrogen-bond donors (Lipinski definition) is 0. The van der Waals surface area contributed by atoms with Crippen LogP contribution in [0.3, 0.4) is 0 Å². The van der Waals surface area contributed by atoms with Crippen molar-refractivity contribution in [1.82, 2.24) is 9.80 Å². The van der Waals surface area contributed by atoms with E-state index in [1.807, 2.05) is 13.0 Å². The number of nitriles is 1. The lowest BCUT2D eigenvalue weighted by molar-refractivity contribution is -0.0760. The predicted octanol–water partition coefficient (Wildman–Crippen LogP) is 3.03. The largest absolute Gasteiger partial charge is 0.443 e. The van der Waals surface area contributed by atoms with E-state index in [2.05, 4.69) is 0 Å². The van der Waals surface area contributed by atoms with E-state index < -0.39 is 5.60 Å². The van der Waals surface area contributed by atoms with Gasteiger partial charge in [0.05, 0.1) is 11.6 Å². The normalized spacial score (nSPS) is 19.0. The van der Waals surface area contributed by atoms with Gasteiger partial charge in [-0.2, -0.15) is 5.26 Å². The molecule has 2 saturated heterocycles. The van der Waals surface area contributed by atoms with Crippen molar-refractivity contribution < 1.29 is 14.3 Å². The quantitative estimate of drug-likeness (QED) is 0.827. The van der Waals surface area contributed by atoms with Gasteiger partial charge >= 0.3 is 6.09 Å². The zero-order valence-electron chi connectivity index (χ0n) is 13.8. The maximum absolute atomic E-state index is 12.6. The number of ether oxygens (including phenoxy) is 1. The summed E-state index contributed by atoms with van der Waals surface area (Å²) in [6.45, 7) is 4.49. The molecule has 2 fully saturated rings. The summed E-state index contributed by atoms with van der Waals surface area (Å²) in [5.74, 6) is -0.0355. The molecule has 6 nitrogen and oxygen atoms in total. The predicted molar refractivity (Wildman–Crippen MR) is 94.1 cm³/mol. The summed E-state index contributed by atoms with van der Waals surface area (Å²) in [5.41, 5.74) is 0.714. The van der Waals surface area contributed by atoms with Gasteiger partial charge in [-0.3, -0.25) is 4.79 Å². The first-order valence-corrected chi connectivity index (χ1v) is 8.34. The number of amides is 2. The SMILES string of the molecule is C.CCN1CCC2(CCN(C(=O)c3ccc(C#N)cc3)CC2)OC1=O. The highest BCUT2D eigenvalue weighted by Crippen LogP contribution is 2.34. The summed E-state index contributed by atoms with van der Waals surface area (Å²) < 4.78 is 5.70. The lowest BCUT2D eigenvalue weighted by Crippen LogP contribution is -2.55. The first-order chi connectivity index (χ1) is 11.6. The van der Waals surface area contributed by atoms with E-state index in [9.17, 15) is 9.59 Å². The van der Waals surface area contributed by atoms with Crippen LogP contribution in [0.5, 0.6) is 0 Å². The number of hydrogen-bond acceptors (Lipinski definition) is 4. The molecule has 2 amide bonds. The van der Waals surface area contributed by atoms with Crippen LogP contribution in [0.15, 0.2) is 24.3 Å². The molecule has 2 heterocycles. The minimum atomic E-state index is -0.413. The highest BCUT2D eigenvalue weighted by molar-refractivity contribution is 5.94. The van der Waals surface area contributed by atoms with Crippen LogP contribution in [0.4, 0.5) is 4.79 Å². The second-order valence-corrected chi connectivity index (χ2v) is 6.36. The number of likely N-dealkylation sites (tertiary alicyclic amines) is 1. The average molecular weight is 343 g/mol. The Labute approximate surface area is 149 Å². The highest BCUT2D eigenvalue weighted by atomic mass is 16.6. The molecule has 3 rings (SSSR count). The smallest absolute Gasteiger partial charge is 0.410 e. The number of carbonyl (C=O) groups is 2. The summed E-state index contributed by atoms with van der Waals surface area (Å²) >= 11 is 0. The fraction of sp³-hybridized carbons (Fsp3) is 0.526. The molecule has 134 valence electrons. The van der Waals surface area contributed by atoms with Crippen LogP contribution in [-0.4, -0.2) is 53.6 Å². The molecule has 0 N–H and O–H groups in total. The molecular formula is C19H25N3O3. The van der Waals surface area contributed by atoms with Crippen molar-refractivity contribution in [3.63, 3.8) is 0 Å². The molecule has 6 heteroatoms. The van der Waals surface area contributed by atoms with Crippen LogP contribution in [0.2, 0.25) is 0 Å². The standard InChI is InChI=1S/C18H21N3O3.CH4/c1-2-20-10-7-18(24-17(20)23)8-11-21(12-9-18)16(22)15-5-3-14(13-19)4-6-15;/h3-6H,2,7-12H2,1H3;1H4. The van der Waals surface area contributed by atoms with Gasteiger partial charge < -0.3 is 14.5 Å². The van der Waals surface area contributed by atoms with Crippen molar-refractivity contribution in [3.8, 4) is 6.07 Å². The van der Waals surface area contributed by atoms with Gasteiger partial charge in [-0.05, 0) is 31.2 Å². The molecule has 0 radical (unpaired) electrons. The van der Waals surface area contributed by atoms with Crippen LogP contribution >= 0.6 is 0 Å². The van der Waals surface area contributed by atoms with E-state index in [0.29, 0.717) is 43.6 Å². The Morgan fingerprint density at radius 3 is 2.32 bits per heavy atom. The van der Waals surface area contributed by atoms with Crippen LogP contribution < -0.4 is 0 Å². The zero-order chi connectivity index (χ0) is 17.2. The van der Waals surface area contributed by atoms with Gasteiger partial charge in [-0.15, -0.1) is 0 Å². The van der Waals surface area contributed by atoms with Crippen LogP contribution in [-0.2, 0) is 4.74 Å². The van der Waals surface area contributed by atoms with E-state index in [1.54, 1.807) is 34.1 Å². The first-order valence-electron chi connectivity index (χ1n) is 8.34. The third kappa shape index (κ3) is 3.76. The number of piperidine rings is 1. The lowest BCUT2D eigenvalue weighted by atomic mass is 9.86. The Kier molecular flexibility index (Phi) is 5.68. The van der Waals surface area contributed by atoms with E-state index in [4.69, 9.17) is 10.00 Å². The molecule has 2 aliphatic heterocycles. The number of benzene rings is 1. The van der Waals surface area contributed by atoms with Gasteiger partial charge in [0.1, 0.15) is 5.60 Å². The van der Waals surface area contributed by atoms with E-state index >= 15 is 0 Å². The van der Waals surface area contributed by atoms with Crippen molar-refractivity contribution in [1.29, 1.82) is 5.26 Å². The summed E-state index contributed by atoms with van der Waals surface area (Å²) in [5, 5.41) is 8.82. The number of rotatable bonds is 2. The topological polar surface area (TPSA) is 73.6 Å². The molecule has 0 bridgehead atoms. The molecule has 2 aliphatic rings. The summed E-state index contributed by atoms with van der Waals surface area (Å²) in [7, 11) is 0. The fourth-order valence-electron chi connectivity index (χ4n) is 3.36. The Bertz CT molecular complexity index is 670. The second-order valence-electron chi connectivity index (χ2n) is 6.36. The van der Waals surface area contributed by atoms with E-state index in [0.717, 1.165) is 13.0 Å². The van der Waals surface area contributed by atoms with Crippen LogP contribution in [0, 0.1) is 11.3 Å². The minimum absolute atomic E-state index is 0. The van der Waals surface area contributed by atoms with Crippen LogP contribution in [0.1, 0.15) is 49.5 Å². The van der Waals surface area contributed by atoms with Crippen molar-refractivity contribution in [2.45, 2.75) is 39.2 Å². The first kappa shape index (κ1) is 18.8. The molecule has 0 saturated carbocycles. The summed E-state index contributed by atoms with van der Waals surface area (Å²) in [6, 6.07) is 8.73. The Balaban J connectivity index is 0.00000225. The molecule has 0 atom stereocenters. The van der Waals surface area contributed by atoms with Crippen molar-refractivity contribution in [3.05, 3.63) is 35.4 Å². The van der Waals surface area contributed by atoms with Gasteiger partial charge in [0.2, 0.25) is 0 Å². The minimum Gasteiger partial charge on any atom is -0.443 e. The van der Waals surface area contributed by atoms with E-state index in [-0.39, 0.29) is 19.4 Å². The molecule has 25 heavy (non-hydrogen) atoms. The van der Waals surface area contributed by atoms with Gasteiger partial charge in [-0.25, -0.2) is 4.79 Å². The van der Waals surface area contributed by atoms with Crippen molar-refractivity contribution >= 4 is 12.0 Å². The molecule has 1 spiro atoms. The lowest BCUT2D eigenvalue weighted by Gasteiger charge is -2.45. The molecule has 1 aromatic rings. The third-order valence-corrected chi connectivity index (χ3v) is 5.00. The second kappa shape index (κ2) is 7.56. The molecular weight excluding hydrogens is 318 g/mol. The van der Waals surface area contributed by atoms with E-state index in [1.165, 1.54) is 0 Å². The van der Waals surface area contributed by atoms with Gasteiger partial charge in [0.15, 0.2) is 0 Å². The van der Waals surface area contributed by atoms with Gasteiger partial charge in [0.25, 0.3) is 5.91 Å². The van der Waals surface area contributed by atoms with Crippen molar-refractivity contribution in [2.24, 2.45) is 0 Å². The fourth-order valence-corrected chi connectivity index (χ4v) is 3.36. The maximum atomic E-state index is 12.6. The monoisotopic (exact) mass is 343 g/mol. The maximum Gasteiger partial charge on any atom is 0.410 e. The molecule has 0 aromatic heterocycles. The molecule has 1 aromatic carbocycles. The molecule has 0 aliphatic carbocycles. The van der Waals surface area contributed by atoms with Crippen LogP contribution in [0.25, 0.3) is 0 Å². The zero-order valence-corrected chi connectivity index (χ0v) is 13.8. The van der Waals surface area contributed by atoms with Crippen molar-refractivity contribution in [2.75, 3.05) is 26.2 Å². The molecule has 0 unspecified atom stereocenters. The summed E-state index contributed by atoms with van der Waals surface area (Å²) in [6.07, 6.45) is 1.94. The Morgan fingerprint density at radius 2 is 1.80 bits per heavy atom. The highest BCUT2D eigenvalue weighted by Gasteiger charge is 2.43. The number of carbonyl (C=O) groups excluding carboxylic acids is 2. The Morgan fingerprint density at radius 1 is 1.20 bits per heavy atom. The Hall–Kier alpha value is -2.55. The van der Waals surface area contributed by atoms with Gasteiger partial charge in [-0.1, -0.05) is 7.43 Å².